The highest BCUT2D eigenvalue weighted by atomic mass is 32.1. The Bertz CT molecular complexity index is 686. The van der Waals surface area contributed by atoms with Gasteiger partial charge < -0.3 is 4.74 Å². The third kappa shape index (κ3) is 1.94. The van der Waals surface area contributed by atoms with Gasteiger partial charge in [0, 0.05) is 18.9 Å². The zero-order valence-electron chi connectivity index (χ0n) is 10.4. The molecule has 2 aromatic rings. The Hall–Kier alpha value is -2.06. The summed E-state index contributed by atoms with van der Waals surface area (Å²) in [5.41, 5.74) is 0.793. The minimum absolute atomic E-state index is 0.0126. The van der Waals surface area contributed by atoms with E-state index in [4.69, 9.17) is 11.2 Å². The SMILES string of the molecule is C#CC1CC(=O)N(c2nc3c(OC)cccc3s2)C1. The first-order chi connectivity index (χ1) is 9.22. The number of methoxy groups -OCH3 is 1. The van der Waals surface area contributed by atoms with E-state index in [-0.39, 0.29) is 11.8 Å². The minimum atomic E-state index is -0.0126. The Morgan fingerprint density at radius 2 is 2.42 bits per heavy atom. The van der Waals surface area contributed by atoms with E-state index in [1.807, 2.05) is 18.2 Å². The first-order valence-corrected chi connectivity index (χ1v) is 6.74. The molecule has 1 aliphatic rings. The smallest absolute Gasteiger partial charge is 0.230 e. The molecular weight excluding hydrogens is 260 g/mol. The monoisotopic (exact) mass is 272 g/mol. The first kappa shape index (κ1) is 12.0. The van der Waals surface area contributed by atoms with Gasteiger partial charge in [0.15, 0.2) is 5.13 Å². The average Bonchev–Trinajstić information content (AvgIpc) is 3.00. The summed E-state index contributed by atoms with van der Waals surface area (Å²) in [4.78, 5) is 18.1. The predicted octanol–water partition coefficient (Wildman–Crippen LogP) is 2.29. The number of amides is 1. The van der Waals surface area contributed by atoms with Crippen molar-refractivity contribution in [2.24, 2.45) is 5.92 Å². The molecule has 1 unspecified atom stereocenters. The fourth-order valence-electron chi connectivity index (χ4n) is 2.20. The van der Waals surface area contributed by atoms with E-state index >= 15 is 0 Å². The van der Waals surface area contributed by atoms with E-state index in [1.54, 1.807) is 12.0 Å². The molecule has 19 heavy (non-hydrogen) atoms. The lowest BCUT2D eigenvalue weighted by atomic mass is 10.1. The molecule has 5 heteroatoms. The van der Waals surface area contributed by atoms with Crippen molar-refractivity contribution in [3.05, 3.63) is 18.2 Å². The summed E-state index contributed by atoms with van der Waals surface area (Å²) in [6, 6.07) is 5.75. The van der Waals surface area contributed by atoms with Crippen molar-refractivity contribution in [2.75, 3.05) is 18.6 Å². The van der Waals surface area contributed by atoms with Crippen LogP contribution in [0.3, 0.4) is 0 Å². The van der Waals surface area contributed by atoms with Crippen LogP contribution in [0.4, 0.5) is 5.13 Å². The van der Waals surface area contributed by atoms with Gasteiger partial charge in [0.05, 0.1) is 11.8 Å². The third-order valence-corrected chi connectivity index (χ3v) is 4.23. The number of hydrogen-bond donors (Lipinski definition) is 0. The van der Waals surface area contributed by atoms with E-state index in [1.165, 1.54) is 11.3 Å². The number of hydrogen-bond acceptors (Lipinski definition) is 4. The molecule has 1 aliphatic heterocycles. The third-order valence-electron chi connectivity index (χ3n) is 3.18. The molecule has 1 atom stereocenters. The molecule has 0 saturated carbocycles. The zero-order valence-corrected chi connectivity index (χ0v) is 11.2. The topological polar surface area (TPSA) is 42.4 Å². The van der Waals surface area contributed by atoms with Gasteiger partial charge in [-0.2, -0.15) is 0 Å². The number of carbonyl (C=O) groups is 1. The molecule has 4 nitrogen and oxygen atoms in total. The summed E-state index contributed by atoms with van der Waals surface area (Å²) in [6.07, 6.45) is 5.80. The molecule has 0 spiro atoms. The Balaban J connectivity index is 2.03. The maximum Gasteiger partial charge on any atom is 0.230 e. The lowest BCUT2D eigenvalue weighted by Crippen LogP contribution is -2.24. The Morgan fingerprint density at radius 1 is 1.58 bits per heavy atom. The number of terminal acetylenes is 1. The van der Waals surface area contributed by atoms with Crippen LogP contribution in [0.1, 0.15) is 6.42 Å². The van der Waals surface area contributed by atoms with Crippen molar-refractivity contribution in [2.45, 2.75) is 6.42 Å². The lowest BCUT2D eigenvalue weighted by Gasteiger charge is -2.10. The highest BCUT2D eigenvalue weighted by Gasteiger charge is 2.31. The molecular formula is C14H12N2O2S. The molecule has 96 valence electrons. The van der Waals surface area contributed by atoms with Crippen LogP contribution in [0.15, 0.2) is 18.2 Å². The van der Waals surface area contributed by atoms with E-state index in [2.05, 4.69) is 10.9 Å². The number of anilines is 1. The van der Waals surface area contributed by atoms with Crippen molar-refractivity contribution >= 4 is 32.6 Å². The fourth-order valence-corrected chi connectivity index (χ4v) is 3.21. The van der Waals surface area contributed by atoms with Crippen LogP contribution in [0, 0.1) is 18.3 Å². The van der Waals surface area contributed by atoms with E-state index in [0.717, 1.165) is 16.0 Å². The summed E-state index contributed by atoms with van der Waals surface area (Å²) < 4.78 is 6.29. The van der Waals surface area contributed by atoms with Crippen LogP contribution in [-0.4, -0.2) is 24.5 Å². The maximum atomic E-state index is 11.9. The molecule has 0 aliphatic carbocycles. The van der Waals surface area contributed by atoms with Crippen LogP contribution in [0.25, 0.3) is 10.2 Å². The number of rotatable bonds is 2. The second-order valence-corrected chi connectivity index (χ2v) is 5.38. The van der Waals surface area contributed by atoms with Crippen LogP contribution in [-0.2, 0) is 4.79 Å². The molecule has 2 heterocycles. The predicted molar refractivity (Wildman–Crippen MR) is 75.5 cm³/mol. The molecule has 1 aromatic carbocycles. The van der Waals surface area contributed by atoms with Crippen molar-refractivity contribution in [1.82, 2.24) is 4.98 Å². The summed E-state index contributed by atoms with van der Waals surface area (Å²) in [5.74, 6) is 3.39. The second-order valence-electron chi connectivity index (χ2n) is 4.38. The fraction of sp³-hybridized carbons (Fsp3) is 0.286. The number of para-hydroxylation sites is 1. The standard InChI is InChI=1S/C14H12N2O2S/c1-3-9-7-12(17)16(8-9)14-15-13-10(18-2)5-4-6-11(13)19-14/h1,4-6,9H,7-8H2,2H3. The number of aromatic nitrogens is 1. The molecule has 3 rings (SSSR count). The molecule has 1 fully saturated rings. The second kappa shape index (κ2) is 4.56. The van der Waals surface area contributed by atoms with Crippen molar-refractivity contribution in [3.63, 3.8) is 0 Å². The van der Waals surface area contributed by atoms with Gasteiger partial charge in [0.2, 0.25) is 5.91 Å². The van der Waals surface area contributed by atoms with Gasteiger partial charge in [-0.05, 0) is 12.1 Å². The molecule has 1 aromatic heterocycles. The maximum absolute atomic E-state index is 11.9. The van der Waals surface area contributed by atoms with E-state index in [0.29, 0.717) is 18.1 Å². The molecule has 0 bridgehead atoms. The van der Waals surface area contributed by atoms with Crippen molar-refractivity contribution in [3.8, 4) is 18.1 Å². The van der Waals surface area contributed by atoms with Crippen LogP contribution in [0.2, 0.25) is 0 Å². The number of fused-ring (bicyclic) bond motifs is 1. The number of benzene rings is 1. The van der Waals surface area contributed by atoms with Gasteiger partial charge in [0.25, 0.3) is 0 Å². The highest BCUT2D eigenvalue weighted by Crippen LogP contribution is 2.36. The van der Waals surface area contributed by atoms with Gasteiger partial charge in [0.1, 0.15) is 11.3 Å². The van der Waals surface area contributed by atoms with Gasteiger partial charge in [-0.15, -0.1) is 12.3 Å². The van der Waals surface area contributed by atoms with Crippen LogP contribution < -0.4 is 9.64 Å². The molecule has 1 saturated heterocycles. The van der Waals surface area contributed by atoms with Gasteiger partial charge in [-0.3, -0.25) is 9.69 Å². The van der Waals surface area contributed by atoms with Crippen LogP contribution in [0.5, 0.6) is 5.75 Å². The van der Waals surface area contributed by atoms with Crippen molar-refractivity contribution in [1.29, 1.82) is 0 Å². The summed E-state index contributed by atoms with van der Waals surface area (Å²) in [5, 5.41) is 0.697. The first-order valence-electron chi connectivity index (χ1n) is 5.93. The minimum Gasteiger partial charge on any atom is -0.494 e. The summed E-state index contributed by atoms with van der Waals surface area (Å²) in [7, 11) is 1.61. The largest absolute Gasteiger partial charge is 0.494 e. The van der Waals surface area contributed by atoms with Crippen LogP contribution >= 0.6 is 11.3 Å². The Kier molecular flexibility index (Phi) is 2.88. The number of thiazole rings is 1. The average molecular weight is 272 g/mol. The van der Waals surface area contributed by atoms with E-state index < -0.39 is 0 Å². The molecule has 0 radical (unpaired) electrons. The number of ether oxygens (including phenoxy) is 1. The summed E-state index contributed by atoms with van der Waals surface area (Å²) in [6.45, 7) is 0.553. The quantitative estimate of drug-likeness (QED) is 0.788. The lowest BCUT2D eigenvalue weighted by molar-refractivity contribution is -0.117. The Labute approximate surface area is 115 Å². The van der Waals surface area contributed by atoms with E-state index in [9.17, 15) is 4.79 Å². The zero-order chi connectivity index (χ0) is 13.4. The van der Waals surface area contributed by atoms with Gasteiger partial charge in [-0.1, -0.05) is 17.4 Å². The normalized spacial score (nSPS) is 18.8. The number of nitrogens with zero attached hydrogens (tertiary/aromatic N) is 2. The molecule has 0 N–H and O–H groups in total. The number of carbonyl (C=O) groups excluding carboxylic acids is 1. The van der Waals surface area contributed by atoms with Gasteiger partial charge >= 0.3 is 0 Å². The Morgan fingerprint density at radius 3 is 3.11 bits per heavy atom. The molecule has 1 amide bonds. The summed E-state index contributed by atoms with van der Waals surface area (Å²) >= 11 is 1.49. The highest BCUT2D eigenvalue weighted by molar-refractivity contribution is 7.22. The van der Waals surface area contributed by atoms with Crippen molar-refractivity contribution < 1.29 is 9.53 Å². The van der Waals surface area contributed by atoms with Gasteiger partial charge in [-0.25, -0.2) is 4.98 Å².